The molecule has 2 aromatic heterocycles. The zero-order valence-electron chi connectivity index (χ0n) is 15.4. The number of hydrogen-bond donors (Lipinski definition) is 2. The number of aromatic nitrogens is 2. The summed E-state index contributed by atoms with van der Waals surface area (Å²) in [5.74, 6) is 0.111. The lowest BCUT2D eigenvalue weighted by Gasteiger charge is -2.24. The van der Waals surface area contributed by atoms with Crippen molar-refractivity contribution in [2.75, 3.05) is 17.2 Å². The highest BCUT2D eigenvalue weighted by Gasteiger charge is 2.25. The lowest BCUT2D eigenvalue weighted by atomic mass is 10.1. The van der Waals surface area contributed by atoms with Crippen LogP contribution >= 0.6 is 11.3 Å². The molecule has 8 heteroatoms. The van der Waals surface area contributed by atoms with Crippen LogP contribution in [0.25, 0.3) is 0 Å². The van der Waals surface area contributed by atoms with E-state index in [1.54, 1.807) is 12.1 Å². The Bertz CT molecular complexity index is 852. The van der Waals surface area contributed by atoms with E-state index in [1.165, 1.54) is 20.8 Å². The molecule has 0 saturated heterocycles. The smallest absolute Gasteiger partial charge is 0.330 e. The molecule has 1 amide bonds. The number of rotatable bonds is 8. The highest BCUT2D eigenvalue weighted by atomic mass is 32.1. The van der Waals surface area contributed by atoms with Gasteiger partial charge < -0.3 is 5.73 Å². The van der Waals surface area contributed by atoms with Crippen molar-refractivity contribution in [2.45, 2.75) is 46.6 Å². The third-order valence-electron chi connectivity index (χ3n) is 4.13. The first kappa shape index (κ1) is 20.0. The van der Waals surface area contributed by atoms with E-state index in [1.807, 2.05) is 26.2 Å². The van der Waals surface area contributed by atoms with Crippen molar-refractivity contribution < 1.29 is 4.79 Å². The molecule has 3 N–H and O–H groups in total. The van der Waals surface area contributed by atoms with Crippen molar-refractivity contribution in [1.82, 2.24) is 9.55 Å². The van der Waals surface area contributed by atoms with Gasteiger partial charge in [0.2, 0.25) is 0 Å². The minimum atomic E-state index is -0.631. The molecule has 0 aliphatic rings. The van der Waals surface area contributed by atoms with Crippen LogP contribution in [-0.2, 0) is 6.54 Å². The van der Waals surface area contributed by atoms with Gasteiger partial charge in [-0.1, -0.05) is 33.3 Å². The molecule has 0 radical (unpaired) electrons. The normalized spacial score (nSPS) is 11.1. The number of carbonyl (C=O) groups excluding carboxylic acids is 1. The molecular formula is C18H26N4O3S. The Morgan fingerprint density at radius 1 is 1.38 bits per heavy atom. The molecule has 2 aromatic rings. The minimum absolute atomic E-state index is 0.0425. The SMILES string of the molecule is CCCCn1c(N)c(N(CCC(C)C)C(=O)c2cccs2)c(=O)[nH]c1=O. The molecule has 0 aliphatic carbocycles. The van der Waals surface area contributed by atoms with E-state index in [2.05, 4.69) is 4.98 Å². The molecule has 0 aromatic carbocycles. The van der Waals surface area contributed by atoms with E-state index in [4.69, 9.17) is 5.73 Å². The second kappa shape index (κ2) is 8.84. The van der Waals surface area contributed by atoms with Gasteiger partial charge in [-0.05, 0) is 30.2 Å². The van der Waals surface area contributed by atoms with Gasteiger partial charge in [0.1, 0.15) is 5.82 Å². The number of carbonyl (C=O) groups is 1. The van der Waals surface area contributed by atoms with Crippen LogP contribution in [0.4, 0.5) is 11.5 Å². The minimum Gasteiger partial charge on any atom is -0.383 e. The summed E-state index contributed by atoms with van der Waals surface area (Å²) in [6.45, 7) is 6.85. The summed E-state index contributed by atoms with van der Waals surface area (Å²) in [5, 5.41) is 1.81. The number of nitrogen functional groups attached to an aromatic ring is 1. The van der Waals surface area contributed by atoms with Crippen LogP contribution in [0.5, 0.6) is 0 Å². The summed E-state index contributed by atoms with van der Waals surface area (Å²) in [6, 6.07) is 3.50. The molecule has 0 spiro atoms. The second-order valence-corrected chi connectivity index (χ2v) is 7.56. The molecule has 142 valence electrons. The first-order valence-corrected chi connectivity index (χ1v) is 9.72. The monoisotopic (exact) mass is 378 g/mol. The lowest BCUT2D eigenvalue weighted by molar-refractivity contribution is 0.0989. The third-order valence-corrected chi connectivity index (χ3v) is 4.98. The largest absolute Gasteiger partial charge is 0.383 e. The van der Waals surface area contributed by atoms with E-state index < -0.39 is 11.2 Å². The number of nitrogens with two attached hydrogens (primary N) is 1. The van der Waals surface area contributed by atoms with Gasteiger partial charge in [-0.3, -0.25) is 24.0 Å². The van der Waals surface area contributed by atoms with E-state index in [-0.39, 0.29) is 17.4 Å². The quantitative estimate of drug-likeness (QED) is 0.737. The van der Waals surface area contributed by atoms with Gasteiger partial charge in [0.25, 0.3) is 11.5 Å². The van der Waals surface area contributed by atoms with Crippen LogP contribution < -0.4 is 21.9 Å². The Morgan fingerprint density at radius 2 is 2.12 bits per heavy atom. The van der Waals surface area contributed by atoms with Gasteiger partial charge in [-0.25, -0.2) is 4.79 Å². The van der Waals surface area contributed by atoms with Crippen LogP contribution in [0.3, 0.4) is 0 Å². The Kier molecular flexibility index (Phi) is 6.79. The molecule has 7 nitrogen and oxygen atoms in total. The van der Waals surface area contributed by atoms with Gasteiger partial charge in [0.05, 0.1) is 4.88 Å². The molecular weight excluding hydrogens is 352 g/mol. The highest BCUT2D eigenvalue weighted by molar-refractivity contribution is 7.12. The van der Waals surface area contributed by atoms with E-state index in [0.717, 1.165) is 12.8 Å². The lowest BCUT2D eigenvalue weighted by Crippen LogP contribution is -2.41. The predicted molar refractivity (Wildman–Crippen MR) is 106 cm³/mol. The molecule has 2 heterocycles. The first-order chi connectivity index (χ1) is 12.4. The van der Waals surface area contributed by atoms with Crippen LogP contribution in [0.15, 0.2) is 27.1 Å². The Labute approximate surface area is 156 Å². The van der Waals surface area contributed by atoms with Crippen molar-refractivity contribution in [1.29, 1.82) is 0 Å². The fraction of sp³-hybridized carbons (Fsp3) is 0.500. The van der Waals surface area contributed by atoms with Crippen molar-refractivity contribution in [3.05, 3.63) is 43.2 Å². The topological polar surface area (TPSA) is 101 Å². The first-order valence-electron chi connectivity index (χ1n) is 8.84. The number of anilines is 2. The zero-order valence-corrected chi connectivity index (χ0v) is 16.3. The number of thiophene rings is 1. The average Bonchev–Trinajstić information content (AvgIpc) is 3.11. The van der Waals surface area contributed by atoms with Gasteiger partial charge >= 0.3 is 5.69 Å². The zero-order chi connectivity index (χ0) is 19.3. The van der Waals surface area contributed by atoms with Crippen molar-refractivity contribution >= 4 is 28.7 Å². The number of nitrogens with zero attached hydrogens (tertiary/aromatic N) is 2. The van der Waals surface area contributed by atoms with E-state index in [9.17, 15) is 14.4 Å². The summed E-state index contributed by atoms with van der Waals surface area (Å²) in [4.78, 5) is 41.9. The van der Waals surface area contributed by atoms with Gasteiger partial charge in [0, 0.05) is 13.1 Å². The Hall–Kier alpha value is -2.35. The van der Waals surface area contributed by atoms with Crippen LogP contribution in [0, 0.1) is 5.92 Å². The molecule has 2 rings (SSSR count). The number of H-pyrrole nitrogens is 1. The molecule has 0 aliphatic heterocycles. The number of nitrogens with one attached hydrogen (secondary N) is 1. The molecule has 0 saturated carbocycles. The number of unbranched alkanes of at least 4 members (excludes halogenated alkanes) is 1. The maximum Gasteiger partial charge on any atom is 0.330 e. The molecule has 0 bridgehead atoms. The maximum absolute atomic E-state index is 13.0. The third kappa shape index (κ3) is 4.43. The van der Waals surface area contributed by atoms with Gasteiger partial charge in [-0.15, -0.1) is 11.3 Å². The van der Waals surface area contributed by atoms with Crippen molar-refractivity contribution in [2.24, 2.45) is 5.92 Å². The number of hydrogen-bond acceptors (Lipinski definition) is 5. The standard InChI is InChI=1S/C18H26N4O3S/c1-4-5-9-22-15(19)14(16(23)20-18(22)25)21(10-8-12(2)3)17(24)13-7-6-11-26-13/h6-7,11-12H,4-5,8-10,19H2,1-3H3,(H,20,23,25). The summed E-state index contributed by atoms with van der Waals surface area (Å²) in [7, 11) is 0. The summed E-state index contributed by atoms with van der Waals surface area (Å²) < 4.78 is 1.34. The molecule has 0 fully saturated rings. The second-order valence-electron chi connectivity index (χ2n) is 6.61. The maximum atomic E-state index is 13.0. The van der Waals surface area contributed by atoms with Gasteiger partial charge in [-0.2, -0.15) is 0 Å². The van der Waals surface area contributed by atoms with Crippen molar-refractivity contribution in [3.63, 3.8) is 0 Å². The summed E-state index contributed by atoms with van der Waals surface area (Å²) in [5.41, 5.74) is 5.06. The number of amides is 1. The van der Waals surface area contributed by atoms with Crippen LogP contribution in [0.2, 0.25) is 0 Å². The highest BCUT2D eigenvalue weighted by Crippen LogP contribution is 2.22. The van der Waals surface area contributed by atoms with Gasteiger partial charge in [0.15, 0.2) is 5.69 Å². The van der Waals surface area contributed by atoms with Crippen LogP contribution in [-0.4, -0.2) is 22.0 Å². The molecule has 0 atom stereocenters. The fourth-order valence-corrected chi connectivity index (χ4v) is 3.28. The van der Waals surface area contributed by atoms with E-state index >= 15 is 0 Å². The number of aromatic amines is 1. The van der Waals surface area contributed by atoms with Crippen LogP contribution in [0.1, 0.15) is 49.7 Å². The van der Waals surface area contributed by atoms with Crippen molar-refractivity contribution in [3.8, 4) is 0 Å². The fourth-order valence-electron chi connectivity index (χ4n) is 2.61. The molecule has 0 unspecified atom stereocenters. The Morgan fingerprint density at radius 3 is 2.69 bits per heavy atom. The predicted octanol–water partition coefficient (Wildman–Crippen LogP) is 2.67. The molecule has 26 heavy (non-hydrogen) atoms. The average molecular weight is 378 g/mol. The summed E-state index contributed by atoms with van der Waals surface area (Å²) in [6.07, 6.45) is 2.34. The summed E-state index contributed by atoms with van der Waals surface area (Å²) >= 11 is 1.31. The Balaban J connectivity index is 2.54. The van der Waals surface area contributed by atoms with E-state index in [0.29, 0.717) is 30.3 Å².